The van der Waals surface area contributed by atoms with Gasteiger partial charge in [0.15, 0.2) is 6.29 Å². The molecular weight excluding hydrogens is 440 g/mol. The molecule has 10 heteroatoms. The van der Waals surface area contributed by atoms with E-state index in [-0.39, 0.29) is 0 Å². The summed E-state index contributed by atoms with van der Waals surface area (Å²) in [5.41, 5.74) is 3.54. The second-order valence-electron chi connectivity index (χ2n) is 7.38. The van der Waals surface area contributed by atoms with Crippen LogP contribution in [0.25, 0.3) is 0 Å². The molecule has 3 rings (SSSR count). The SMILES string of the molecule is COC(=O)c1ccc(CN(Cc2ccc(C(=O)OC)cn2)Cc2ccc(C(O)OC)cn2)nc1. The lowest BCUT2D eigenvalue weighted by Gasteiger charge is -2.22. The highest BCUT2D eigenvalue weighted by Gasteiger charge is 2.14. The minimum atomic E-state index is -1.03. The van der Waals surface area contributed by atoms with Crippen molar-refractivity contribution in [2.24, 2.45) is 0 Å². The number of aliphatic hydroxyl groups is 1. The van der Waals surface area contributed by atoms with Crippen LogP contribution in [-0.2, 0) is 33.8 Å². The van der Waals surface area contributed by atoms with E-state index >= 15 is 0 Å². The van der Waals surface area contributed by atoms with Crippen LogP contribution in [0.2, 0.25) is 0 Å². The van der Waals surface area contributed by atoms with E-state index in [1.807, 2.05) is 6.07 Å². The molecule has 0 amide bonds. The van der Waals surface area contributed by atoms with E-state index in [2.05, 4.69) is 19.9 Å². The molecule has 3 heterocycles. The second-order valence-corrected chi connectivity index (χ2v) is 7.38. The van der Waals surface area contributed by atoms with Crippen LogP contribution in [0, 0.1) is 0 Å². The number of rotatable bonds is 10. The van der Waals surface area contributed by atoms with Crippen molar-refractivity contribution in [1.29, 1.82) is 0 Å². The molecule has 0 aromatic carbocycles. The van der Waals surface area contributed by atoms with Crippen LogP contribution < -0.4 is 0 Å². The molecule has 1 atom stereocenters. The molecule has 0 radical (unpaired) electrons. The molecule has 0 spiro atoms. The van der Waals surface area contributed by atoms with Gasteiger partial charge in [0.2, 0.25) is 0 Å². The Hall–Kier alpha value is -3.73. The van der Waals surface area contributed by atoms with Gasteiger partial charge >= 0.3 is 11.9 Å². The van der Waals surface area contributed by atoms with E-state index in [1.165, 1.54) is 33.7 Å². The summed E-state index contributed by atoms with van der Waals surface area (Å²) >= 11 is 0. The van der Waals surface area contributed by atoms with Crippen LogP contribution in [0.3, 0.4) is 0 Å². The summed E-state index contributed by atoms with van der Waals surface area (Å²) in [5.74, 6) is -0.901. The van der Waals surface area contributed by atoms with Crippen molar-refractivity contribution < 1.29 is 28.9 Å². The third kappa shape index (κ3) is 6.64. The van der Waals surface area contributed by atoms with Gasteiger partial charge in [0, 0.05) is 50.9 Å². The van der Waals surface area contributed by atoms with Gasteiger partial charge in [-0.1, -0.05) is 6.07 Å². The van der Waals surface area contributed by atoms with Crippen LogP contribution >= 0.6 is 0 Å². The Bertz CT molecular complexity index is 1030. The summed E-state index contributed by atoms with van der Waals surface area (Å²) in [6.07, 6.45) is 3.48. The highest BCUT2D eigenvalue weighted by molar-refractivity contribution is 5.89. The van der Waals surface area contributed by atoms with E-state index in [9.17, 15) is 14.7 Å². The van der Waals surface area contributed by atoms with Crippen molar-refractivity contribution in [2.45, 2.75) is 25.9 Å². The Labute approximate surface area is 197 Å². The first-order valence-electron chi connectivity index (χ1n) is 10.4. The Morgan fingerprint density at radius 1 is 0.765 bits per heavy atom. The summed E-state index contributed by atoms with van der Waals surface area (Å²) in [6.45, 7) is 1.36. The van der Waals surface area contributed by atoms with E-state index in [1.54, 1.807) is 36.5 Å². The molecule has 0 aliphatic heterocycles. The smallest absolute Gasteiger partial charge is 0.339 e. The van der Waals surface area contributed by atoms with Crippen molar-refractivity contribution in [3.63, 3.8) is 0 Å². The lowest BCUT2D eigenvalue weighted by Crippen LogP contribution is -2.24. The molecule has 0 aliphatic rings. The third-order valence-corrected chi connectivity index (χ3v) is 5.00. The average Bonchev–Trinajstić information content (AvgIpc) is 2.88. The van der Waals surface area contributed by atoms with E-state index in [0.717, 1.165) is 17.1 Å². The standard InChI is InChI=1S/C24H26N4O6/c1-32-22(29)16-4-7-19(25-10-16)13-28(14-20-8-5-17(11-26-20)23(30)33-2)15-21-9-6-18(12-27-21)24(31)34-3/h4-12,22,29H,13-15H2,1-3H3. The molecule has 3 aromatic heterocycles. The number of ether oxygens (including phenoxy) is 3. The monoisotopic (exact) mass is 466 g/mol. The predicted molar refractivity (Wildman–Crippen MR) is 120 cm³/mol. The maximum absolute atomic E-state index is 11.7. The molecule has 1 N–H and O–H groups in total. The van der Waals surface area contributed by atoms with Crippen LogP contribution in [0.15, 0.2) is 55.0 Å². The largest absolute Gasteiger partial charge is 0.465 e. The van der Waals surface area contributed by atoms with E-state index < -0.39 is 18.2 Å². The fraction of sp³-hybridized carbons (Fsp3) is 0.292. The maximum atomic E-state index is 11.7. The molecule has 178 valence electrons. The van der Waals surface area contributed by atoms with Gasteiger partial charge in [-0.05, 0) is 30.3 Å². The number of carbonyl (C=O) groups excluding carboxylic acids is 2. The highest BCUT2D eigenvalue weighted by atomic mass is 16.6. The zero-order valence-electron chi connectivity index (χ0n) is 19.2. The van der Waals surface area contributed by atoms with Gasteiger partial charge in [-0.3, -0.25) is 19.9 Å². The Kier molecular flexibility index (Phi) is 8.74. The summed E-state index contributed by atoms with van der Waals surface area (Å²) in [5, 5.41) is 9.80. The fourth-order valence-electron chi connectivity index (χ4n) is 3.18. The van der Waals surface area contributed by atoms with Crippen molar-refractivity contribution in [1.82, 2.24) is 19.9 Å². The van der Waals surface area contributed by atoms with Gasteiger partial charge in [-0.2, -0.15) is 0 Å². The van der Waals surface area contributed by atoms with Gasteiger partial charge in [0.05, 0.1) is 42.4 Å². The van der Waals surface area contributed by atoms with Gasteiger partial charge in [-0.15, -0.1) is 0 Å². The number of nitrogens with zero attached hydrogens (tertiary/aromatic N) is 4. The molecule has 0 saturated heterocycles. The zero-order valence-corrected chi connectivity index (χ0v) is 19.2. The van der Waals surface area contributed by atoms with Crippen LogP contribution in [-0.4, -0.2) is 58.2 Å². The van der Waals surface area contributed by atoms with Crippen LogP contribution in [0.5, 0.6) is 0 Å². The molecule has 0 bridgehead atoms. The van der Waals surface area contributed by atoms with Gasteiger partial charge < -0.3 is 19.3 Å². The van der Waals surface area contributed by atoms with Crippen molar-refractivity contribution in [3.8, 4) is 0 Å². The minimum absolute atomic E-state index is 0.367. The van der Waals surface area contributed by atoms with E-state index in [4.69, 9.17) is 14.2 Å². The summed E-state index contributed by atoms with van der Waals surface area (Å²) < 4.78 is 14.3. The Morgan fingerprint density at radius 3 is 1.53 bits per heavy atom. The third-order valence-electron chi connectivity index (χ3n) is 5.00. The number of hydrogen-bond acceptors (Lipinski definition) is 10. The average molecular weight is 466 g/mol. The number of carbonyl (C=O) groups is 2. The van der Waals surface area contributed by atoms with Crippen LogP contribution in [0.4, 0.5) is 0 Å². The number of aromatic nitrogens is 3. The van der Waals surface area contributed by atoms with E-state index in [0.29, 0.717) is 36.3 Å². The van der Waals surface area contributed by atoms with Crippen molar-refractivity contribution >= 4 is 11.9 Å². The molecule has 3 aromatic rings. The van der Waals surface area contributed by atoms with Gasteiger partial charge in [-0.25, -0.2) is 9.59 Å². The lowest BCUT2D eigenvalue weighted by molar-refractivity contribution is -0.0771. The number of hydrogen-bond donors (Lipinski definition) is 1. The summed E-state index contributed by atoms with van der Waals surface area (Å²) in [4.78, 5) is 38.6. The Balaban J connectivity index is 1.79. The second kappa shape index (κ2) is 11.9. The Morgan fingerprint density at radius 2 is 1.21 bits per heavy atom. The van der Waals surface area contributed by atoms with Crippen molar-refractivity contribution in [2.75, 3.05) is 21.3 Å². The highest BCUT2D eigenvalue weighted by Crippen LogP contribution is 2.16. The number of aliphatic hydroxyl groups excluding tert-OH is 1. The molecule has 10 nitrogen and oxygen atoms in total. The number of methoxy groups -OCH3 is 3. The minimum Gasteiger partial charge on any atom is -0.465 e. The molecule has 0 aliphatic carbocycles. The summed E-state index contributed by atoms with van der Waals surface area (Å²) in [6, 6.07) is 10.4. The fourth-order valence-corrected chi connectivity index (χ4v) is 3.18. The first-order chi connectivity index (χ1) is 16.4. The van der Waals surface area contributed by atoms with Gasteiger partial charge in [0.25, 0.3) is 0 Å². The molecule has 0 saturated carbocycles. The normalized spacial score (nSPS) is 11.8. The topological polar surface area (TPSA) is 124 Å². The van der Waals surface area contributed by atoms with Gasteiger partial charge in [0.1, 0.15) is 0 Å². The first kappa shape index (κ1) is 24.9. The molecule has 34 heavy (non-hydrogen) atoms. The number of pyridine rings is 3. The molecular formula is C24H26N4O6. The molecule has 0 fully saturated rings. The van der Waals surface area contributed by atoms with Crippen LogP contribution in [0.1, 0.15) is 49.7 Å². The quantitative estimate of drug-likeness (QED) is 0.351. The number of esters is 2. The first-order valence-corrected chi connectivity index (χ1v) is 10.4. The predicted octanol–water partition coefficient (Wildman–Crippen LogP) is 2.28. The van der Waals surface area contributed by atoms with Crippen molar-refractivity contribution in [3.05, 3.63) is 88.8 Å². The lowest BCUT2D eigenvalue weighted by atomic mass is 10.2. The maximum Gasteiger partial charge on any atom is 0.339 e. The summed E-state index contributed by atoms with van der Waals surface area (Å²) in [7, 11) is 4.05. The zero-order chi connectivity index (χ0) is 24.5. The molecule has 1 unspecified atom stereocenters.